The van der Waals surface area contributed by atoms with E-state index in [1.165, 1.54) is 56.2 Å². The number of thioether (sulfide) groups is 1. The lowest BCUT2D eigenvalue weighted by Gasteiger charge is -2.14. The van der Waals surface area contributed by atoms with Crippen LogP contribution in [0.4, 0.5) is 17.1 Å². The summed E-state index contributed by atoms with van der Waals surface area (Å²) < 4.78 is 0. The average Bonchev–Trinajstić information content (AvgIpc) is 3.51. The molecule has 45 heavy (non-hydrogen) atoms. The first-order valence-corrected chi connectivity index (χ1v) is 16.4. The van der Waals surface area contributed by atoms with E-state index in [0.29, 0.717) is 0 Å². The Kier molecular flexibility index (Phi) is 11.4. The molecule has 1 aliphatic heterocycles. The molecule has 1 atom stereocenters. The second-order valence-electron chi connectivity index (χ2n) is 11.3. The highest BCUT2D eigenvalue weighted by Crippen LogP contribution is 2.50. The average molecular weight is 614 g/mol. The molecule has 0 bridgehead atoms. The quantitative estimate of drug-likeness (QED) is 0.0817. The number of nitrogens with two attached hydrogens (primary N) is 1. The van der Waals surface area contributed by atoms with Crippen LogP contribution in [0.3, 0.4) is 0 Å². The van der Waals surface area contributed by atoms with Gasteiger partial charge in [0.1, 0.15) is 5.37 Å². The summed E-state index contributed by atoms with van der Waals surface area (Å²) in [6, 6.07) is 46.0. The molecule has 0 radical (unpaired) electrons. The number of para-hydroxylation sites is 1. The van der Waals surface area contributed by atoms with E-state index in [0.717, 1.165) is 17.9 Å². The molecule has 5 nitrogen and oxygen atoms in total. The number of benzene rings is 6. The van der Waals surface area contributed by atoms with E-state index >= 15 is 0 Å². The zero-order chi connectivity index (χ0) is 31.4. The van der Waals surface area contributed by atoms with Gasteiger partial charge in [-0.2, -0.15) is 0 Å². The van der Waals surface area contributed by atoms with E-state index < -0.39 is 0 Å². The minimum Gasteiger partial charge on any atom is -0.399 e. The molecule has 6 aromatic carbocycles. The number of hydrogen-bond donors (Lipinski definition) is 4. The number of nitrogen functional groups attached to an aromatic ring is 1. The number of hydrazine groups is 1. The molecule has 5 N–H and O–H groups in total. The van der Waals surface area contributed by atoms with Crippen LogP contribution in [0.5, 0.6) is 0 Å². The van der Waals surface area contributed by atoms with Crippen molar-refractivity contribution in [1.29, 1.82) is 0 Å². The summed E-state index contributed by atoms with van der Waals surface area (Å²) in [5.74, 6) is 0. The molecule has 1 heterocycles. The molecule has 0 spiro atoms. The van der Waals surface area contributed by atoms with Crippen molar-refractivity contribution in [3.05, 3.63) is 145 Å². The van der Waals surface area contributed by atoms with E-state index in [4.69, 9.17) is 5.73 Å². The second kappa shape index (κ2) is 16.0. The third-order valence-electron chi connectivity index (χ3n) is 7.43. The van der Waals surface area contributed by atoms with Crippen molar-refractivity contribution < 1.29 is 0 Å². The van der Waals surface area contributed by atoms with Crippen molar-refractivity contribution in [2.24, 2.45) is 0 Å². The lowest BCUT2D eigenvalue weighted by molar-refractivity contribution is 0.408. The van der Waals surface area contributed by atoms with Crippen molar-refractivity contribution in [2.45, 2.75) is 30.2 Å². The molecule has 6 heteroatoms. The molecular weight excluding hydrogens is 571 g/mol. The molecule has 1 unspecified atom stereocenters. The van der Waals surface area contributed by atoms with Gasteiger partial charge in [0, 0.05) is 28.2 Å². The first-order valence-electron chi connectivity index (χ1n) is 15.5. The minimum absolute atomic E-state index is 0.237. The number of anilines is 3. The highest BCUT2D eigenvalue weighted by molar-refractivity contribution is 8.00. The van der Waals surface area contributed by atoms with Gasteiger partial charge in [-0.25, -0.2) is 5.43 Å². The topological polar surface area (TPSA) is 65.3 Å². The molecule has 7 rings (SSSR count). The fourth-order valence-electron chi connectivity index (χ4n) is 5.26. The Morgan fingerprint density at radius 1 is 0.756 bits per heavy atom. The first kappa shape index (κ1) is 31.9. The van der Waals surface area contributed by atoms with Crippen molar-refractivity contribution in [2.75, 3.05) is 37.1 Å². The van der Waals surface area contributed by atoms with Crippen molar-refractivity contribution in [3.63, 3.8) is 0 Å². The fourth-order valence-corrected chi connectivity index (χ4v) is 6.41. The Bertz CT molecular complexity index is 1780. The molecule has 0 saturated heterocycles. The van der Waals surface area contributed by atoms with Gasteiger partial charge >= 0.3 is 0 Å². The van der Waals surface area contributed by atoms with Crippen molar-refractivity contribution >= 4 is 50.4 Å². The van der Waals surface area contributed by atoms with Gasteiger partial charge in [-0.05, 0) is 84.7 Å². The second-order valence-corrected chi connectivity index (χ2v) is 12.4. The fraction of sp³-hybridized carbons (Fsp3) is 0.179. The van der Waals surface area contributed by atoms with Crippen LogP contribution in [0.1, 0.15) is 29.8 Å². The summed E-state index contributed by atoms with van der Waals surface area (Å²) in [7, 11) is 4.17. The van der Waals surface area contributed by atoms with Crippen LogP contribution in [-0.4, -0.2) is 25.5 Å². The maximum atomic E-state index is 5.36. The molecule has 1 aliphatic rings. The normalized spacial score (nSPS) is 13.3. The van der Waals surface area contributed by atoms with E-state index in [9.17, 15) is 0 Å². The number of nitrogens with one attached hydrogen (secondary N) is 3. The summed E-state index contributed by atoms with van der Waals surface area (Å²) in [4.78, 5) is 3.49. The maximum Gasteiger partial charge on any atom is 0.103 e. The number of nitrogens with zero attached hydrogens (tertiary/aromatic N) is 1. The standard InChI is InChI=1S/C28H23N3S.C6H7N.C5H13N/c1-3-7-19(8-4-1)18-29-31-23-15-13-20-11-12-21-14-16-25-27(26(21)24(20)17-23)30-28(32-25)22-9-5-2-6-10-22;7-6-4-2-1-3-5-6;1-4-5-6(2)3/h1-17,28-31H,18H2;1-5H,7H2;4-5H2,1-3H3. The van der Waals surface area contributed by atoms with Crippen LogP contribution >= 0.6 is 11.8 Å². The minimum atomic E-state index is 0.237. The van der Waals surface area contributed by atoms with Gasteiger partial charge in [0.05, 0.1) is 5.69 Å². The zero-order valence-corrected chi connectivity index (χ0v) is 27.1. The van der Waals surface area contributed by atoms with E-state index in [1.807, 2.05) is 48.2 Å². The zero-order valence-electron chi connectivity index (χ0n) is 26.3. The number of rotatable bonds is 7. The van der Waals surface area contributed by atoms with Gasteiger partial charge in [0.15, 0.2) is 0 Å². The monoisotopic (exact) mass is 613 g/mol. The molecule has 0 saturated carbocycles. The Hall–Kier alpha value is -4.49. The molecular formula is C39H43N5S. The number of fused-ring (bicyclic) bond motifs is 5. The number of hydrogen-bond acceptors (Lipinski definition) is 6. The van der Waals surface area contributed by atoms with Gasteiger partial charge < -0.3 is 21.4 Å². The van der Waals surface area contributed by atoms with Gasteiger partial charge in [0.25, 0.3) is 0 Å². The highest BCUT2D eigenvalue weighted by Gasteiger charge is 2.25. The van der Waals surface area contributed by atoms with Crippen LogP contribution in [0.2, 0.25) is 0 Å². The van der Waals surface area contributed by atoms with Gasteiger partial charge in [-0.3, -0.25) is 0 Å². The van der Waals surface area contributed by atoms with Crippen LogP contribution in [0, 0.1) is 0 Å². The lowest BCUT2D eigenvalue weighted by atomic mass is 9.99. The van der Waals surface area contributed by atoms with Gasteiger partial charge in [-0.1, -0.05) is 122 Å². The summed E-state index contributed by atoms with van der Waals surface area (Å²) in [6.45, 7) is 4.15. The molecule has 0 fully saturated rings. The highest BCUT2D eigenvalue weighted by atomic mass is 32.2. The van der Waals surface area contributed by atoms with E-state index in [-0.39, 0.29) is 5.37 Å². The molecule has 230 valence electrons. The molecule has 0 aromatic heterocycles. The Balaban J connectivity index is 0.000000258. The Morgan fingerprint density at radius 3 is 2.00 bits per heavy atom. The first-order chi connectivity index (χ1) is 22.0. The SMILES string of the molecule is CCCN(C)C.Nc1ccccc1.c1ccc(CNNc2ccc3ccc4ccc5c(c4c3c2)NC(c2ccccc2)S5)cc1. The largest absolute Gasteiger partial charge is 0.399 e. The van der Waals surface area contributed by atoms with Crippen LogP contribution in [0.25, 0.3) is 21.5 Å². The van der Waals surface area contributed by atoms with Gasteiger partial charge in [0.2, 0.25) is 0 Å². The molecule has 0 amide bonds. The Labute approximate surface area is 271 Å². The third-order valence-corrected chi connectivity index (χ3v) is 8.65. The van der Waals surface area contributed by atoms with E-state index in [2.05, 4.69) is 139 Å². The van der Waals surface area contributed by atoms with Crippen molar-refractivity contribution in [3.8, 4) is 0 Å². The Morgan fingerprint density at radius 2 is 1.38 bits per heavy atom. The smallest absolute Gasteiger partial charge is 0.103 e. The summed E-state index contributed by atoms with van der Waals surface area (Å²) in [6.07, 6.45) is 1.26. The molecule has 6 aromatic rings. The molecule has 0 aliphatic carbocycles. The van der Waals surface area contributed by atoms with Crippen LogP contribution in [-0.2, 0) is 6.54 Å². The van der Waals surface area contributed by atoms with Crippen LogP contribution < -0.4 is 21.9 Å². The van der Waals surface area contributed by atoms with E-state index in [1.54, 1.807) is 0 Å². The van der Waals surface area contributed by atoms with Crippen LogP contribution in [0.15, 0.2) is 138 Å². The third kappa shape index (κ3) is 8.79. The maximum absolute atomic E-state index is 5.36. The predicted octanol–water partition coefficient (Wildman–Crippen LogP) is 9.55. The lowest BCUT2D eigenvalue weighted by Crippen LogP contribution is -2.20. The summed E-state index contributed by atoms with van der Waals surface area (Å²) >= 11 is 1.89. The van der Waals surface area contributed by atoms with Crippen molar-refractivity contribution in [1.82, 2.24) is 10.3 Å². The summed E-state index contributed by atoms with van der Waals surface area (Å²) in [5.41, 5.74) is 17.7. The predicted molar refractivity (Wildman–Crippen MR) is 197 cm³/mol. The summed E-state index contributed by atoms with van der Waals surface area (Å²) in [5, 5.41) is 9.08. The van der Waals surface area contributed by atoms with Gasteiger partial charge in [-0.15, -0.1) is 0 Å².